The molecule has 8 atom stereocenters. The molecule has 0 saturated carbocycles. The van der Waals surface area contributed by atoms with Crippen molar-refractivity contribution in [1.82, 2.24) is 29.4 Å². The van der Waals surface area contributed by atoms with Crippen LogP contribution in [0, 0.1) is 67.5 Å². The fourth-order valence-corrected chi connectivity index (χ4v) is 23.8. The Morgan fingerprint density at radius 3 is 0.971 bits per heavy atom. The normalized spacial score (nSPS) is 23.3. The Morgan fingerprint density at radius 2 is 0.594 bits per heavy atom. The Bertz CT molecular complexity index is 4120. The first-order valence-corrected chi connectivity index (χ1v) is 56.0. The first kappa shape index (κ1) is 124. The number of Topliss-reactive ketones (excluding diaryl/α,β-unsaturated/α-hetero) is 1. The summed E-state index contributed by atoms with van der Waals surface area (Å²) in [6.45, 7) is 132. The van der Waals surface area contributed by atoms with Crippen LogP contribution in [0.1, 0.15) is 458 Å². The number of ketones is 1. The van der Waals surface area contributed by atoms with Crippen LogP contribution >= 0.6 is 0 Å². The lowest BCUT2D eigenvalue weighted by Gasteiger charge is -2.52. The van der Waals surface area contributed by atoms with Gasteiger partial charge < -0.3 is 14.7 Å². The van der Waals surface area contributed by atoms with Crippen LogP contribution < -0.4 is 14.7 Å². The quantitative estimate of drug-likeness (QED) is 0.194. The summed E-state index contributed by atoms with van der Waals surface area (Å²) in [6, 6.07) is 38.3. The van der Waals surface area contributed by atoms with Gasteiger partial charge in [0.2, 0.25) is 0 Å². The molecule has 9 aliphatic rings. The number of hydrogen-bond acceptors (Lipinski definition) is 10. The maximum absolute atomic E-state index is 12.6. The predicted octanol–water partition coefficient (Wildman–Crippen LogP) is 33.4. The number of anilines is 3. The highest BCUT2D eigenvalue weighted by atomic mass is 16.1. The minimum atomic E-state index is -0.0653. The van der Waals surface area contributed by atoms with Crippen LogP contribution in [0.4, 0.5) is 17.1 Å². The fourth-order valence-electron chi connectivity index (χ4n) is 23.8. The molecule has 0 aromatic heterocycles. The van der Waals surface area contributed by atoms with Crippen molar-refractivity contribution in [2.45, 2.75) is 549 Å². The number of carbonyl (C=O) groups excluding carboxylic acids is 1. The maximum Gasteiger partial charge on any atom is 0.160 e. The molecule has 0 spiro atoms. The lowest BCUT2D eigenvalue weighted by molar-refractivity contribution is -0.122. The number of likely N-dealkylation sites (tertiary alicyclic amines) is 5. The molecule has 0 radical (unpaired) electrons. The van der Waals surface area contributed by atoms with Gasteiger partial charge in [0.1, 0.15) is 0 Å². The number of para-hydroxylation sites is 3. The average molecular weight is 1910 g/mol. The van der Waals surface area contributed by atoms with Crippen molar-refractivity contribution in [3.8, 4) is 0 Å². The van der Waals surface area contributed by atoms with Gasteiger partial charge in [-0.15, -0.1) is 0 Å². The van der Waals surface area contributed by atoms with Crippen molar-refractivity contribution in [2.75, 3.05) is 67.1 Å². The third kappa shape index (κ3) is 37.0. The molecule has 9 aliphatic heterocycles. The molecule has 5 fully saturated rings. The predicted molar refractivity (Wildman–Crippen MR) is 614 cm³/mol. The van der Waals surface area contributed by atoms with Crippen LogP contribution in [0.2, 0.25) is 0 Å². The number of piperidine rings is 3. The van der Waals surface area contributed by atoms with E-state index in [1.165, 1.54) is 182 Å². The molecule has 138 heavy (non-hydrogen) atoms. The summed E-state index contributed by atoms with van der Waals surface area (Å²) in [5.74, 6) is 4.85. The minimum absolute atomic E-state index is 0.0533. The van der Waals surface area contributed by atoms with Gasteiger partial charge in [-0.3, -0.25) is 34.2 Å². The Kier molecular flexibility index (Phi) is 43.3. The van der Waals surface area contributed by atoms with Gasteiger partial charge in [-0.05, 0) is 423 Å². The van der Waals surface area contributed by atoms with Crippen LogP contribution in [-0.2, 0) is 37.0 Å². The molecular formula is C128H231N9O. The van der Waals surface area contributed by atoms with Gasteiger partial charge in [-0.2, -0.15) is 0 Å². The topological polar surface area (TPSA) is 46.2 Å². The third-order valence-corrected chi connectivity index (χ3v) is 32.1. The average Bonchev–Trinajstić information content (AvgIpc) is 1.68. The summed E-state index contributed by atoms with van der Waals surface area (Å²) >= 11 is 0. The molecule has 0 amide bonds. The Balaban J connectivity index is 0.000000275. The number of fused-ring (bicyclic) bond motifs is 4. The largest absolute Gasteiger partial charge is 0.363 e. The zero-order chi connectivity index (χ0) is 106. The van der Waals surface area contributed by atoms with E-state index in [-0.39, 0.29) is 33.6 Å². The molecule has 10 nitrogen and oxygen atoms in total. The van der Waals surface area contributed by atoms with Gasteiger partial charge in [0.15, 0.2) is 5.78 Å². The van der Waals surface area contributed by atoms with Gasteiger partial charge in [-0.1, -0.05) is 258 Å². The number of rotatable bonds is 2. The Hall–Kier alpha value is -4.29. The molecule has 794 valence electrons. The highest BCUT2D eigenvalue weighted by Gasteiger charge is 2.49. The molecule has 0 bridgehead atoms. The van der Waals surface area contributed by atoms with Crippen LogP contribution in [0.3, 0.4) is 0 Å². The SMILES string of the molecule is CC(C)(C)C1C(=O)Cc2ccccc2N1C(C)(C)C.CC(C)(C)C1CCCCN1C(C)(C)C.CC(C)(C)C1CCCN(C(C)(C)C)C1.CC(C)(C)C1CCCN1C(C)(C)C.CC(C)(C)C1CCc2ccccc2N1C(C)(C)C.CC(C)(C)C1Cc2ccccc2CN1C(C)(C)C.CC(C)(C)C1Cc2ccccc2N1C(C)(C)C.CC(C)C1CCN(C(C)(C)C)C1.CC(C)C1CCN(C(C)(C)C)CC1. The smallest absolute Gasteiger partial charge is 0.160 e. The van der Waals surface area contributed by atoms with Gasteiger partial charge in [-0.25, -0.2) is 0 Å². The summed E-state index contributed by atoms with van der Waals surface area (Å²) in [5.41, 5.74) is 15.8. The van der Waals surface area contributed by atoms with E-state index in [0.717, 1.165) is 53.8 Å². The summed E-state index contributed by atoms with van der Waals surface area (Å²) < 4.78 is 0. The van der Waals surface area contributed by atoms with Gasteiger partial charge >= 0.3 is 0 Å². The minimum Gasteiger partial charge on any atom is -0.363 e. The van der Waals surface area contributed by atoms with Crippen LogP contribution in [0.25, 0.3) is 0 Å². The first-order chi connectivity index (χ1) is 62.2. The van der Waals surface area contributed by atoms with E-state index in [2.05, 4.69) is 495 Å². The van der Waals surface area contributed by atoms with Crippen LogP contribution in [0.5, 0.6) is 0 Å². The lowest BCUT2D eigenvalue weighted by atomic mass is 9.75. The van der Waals surface area contributed by atoms with E-state index in [0.29, 0.717) is 90.5 Å². The van der Waals surface area contributed by atoms with Crippen molar-refractivity contribution in [3.05, 3.63) is 125 Å². The molecule has 9 heterocycles. The van der Waals surface area contributed by atoms with Crippen LogP contribution in [0.15, 0.2) is 97.1 Å². The molecule has 8 unspecified atom stereocenters. The fraction of sp³-hybridized carbons (Fsp3) is 0.805. The Labute approximate surface area is 860 Å². The number of aryl methyl sites for hydroxylation is 1. The molecule has 4 aromatic carbocycles. The second-order valence-electron chi connectivity index (χ2n) is 61.2. The van der Waals surface area contributed by atoms with E-state index in [1.54, 1.807) is 0 Å². The van der Waals surface area contributed by atoms with Crippen molar-refractivity contribution in [1.29, 1.82) is 0 Å². The van der Waals surface area contributed by atoms with Crippen molar-refractivity contribution in [3.63, 3.8) is 0 Å². The number of carbonyl (C=O) groups is 1. The molecule has 10 heteroatoms. The lowest BCUT2D eigenvalue weighted by Crippen LogP contribution is -2.59. The molecule has 0 aliphatic carbocycles. The zero-order valence-electron chi connectivity index (χ0n) is 101. The van der Waals surface area contributed by atoms with Gasteiger partial charge in [0.25, 0.3) is 0 Å². The zero-order valence-corrected chi connectivity index (χ0v) is 101. The number of nitrogens with zero attached hydrogens (tertiary/aromatic N) is 9. The monoisotopic (exact) mass is 1910 g/mol. The summed E-state index contributed by atoms with van der Waals surface area (Å²) in [7, 11) is 0. The molecule has 0 N–H and O–H groups in total. The molecule has 13 rings (SSSR count). The van der Waals surface area contributed by atoms with Crippen molar-refractivity contribution in [2.24, 2.45) is 67.5 Å². The highest BCUT2D eigenvalue weighted by molar-refractivity contribution is 5.94. The molecular weight excluding hydrogens is 1680 g/mol. The third-order valence-electron chi connectivity index (χ3n) is 32.1. The molecule has 4 aromatic rings. The highest BCUT2D eigenvalue weighted by Crippen LogP contribution is 2.48. The van der Waals surface area contributed by atoms with Gasteiger partial charge in [0.05, 0.1) is 6.04 Å². The van der Waals surface area contributed by atoms with E-state index < -0.39 is 0 Å². The van der Waals surface area contributed by atoms with E-state index >= 15 is 0 Å². The maximum atomic E-state index is 12.6. The number of benzene rings is 4. The number of hydrogen-bond donors (Lipinski definition) is 0. The second kappa shape index (κ2) is 48.1. The summed E-state index contributed by atoms with van der Waals surface area (Å²) in [5, 5.41) is 0. The van der Waals surface area contributed by atoms with Crippen LogP contribution in [-0.4, -0.2) is 174 Å². The standard InChI is InChI=1S/C17H25NO.2C17H27N.C16H25N.2C13H27N.2C12H25N.C11H23N/c1-16(2,3)15-14(19)11-12-9-7-8-10-13(12)18(15)17(4,5)6;1-16(2,3)15-11-13-9-7-8-10-14(13)12-18(15)17(4,5)6;1-16(2,3)15-12-11-13-9-7-8-10-14(13)18(15)17(4,5)6;1-15(2,3)14-11-12-9-7-8-10-13(12)17(14)16(4,5)6;1-12(2,3)11-8-7-9-14(10-11)13(4,5)6;1-12(2,3)11-9-7-8-10-14(11)13(4,5)6;1-11(2,3)10-8-7-9-13(10)12(4,5)6;1-10(2)11-6-8-13(9-7-11)12(3,4)5;1-9(2)10-6-7-12(8-10)11(3,4)5/h7-10,15H,11H2,1-6H3;2*7-10,15H,11-12H2,1-6H3;7-10,14H,11H2,1-6H3;2*11H,7-10H2,1-6H3;10H,7-9H2,1-6H3;10-11H,6-9H2,1-5H3;9-10H,6-8H2,1-5H3. The van der Waals surface area contributed by atoms with E-state index in [4.69, 9.17) is 0 Å². The van der Waals surface area contributed by atoms with Crippen molar-refractivity contribution < 1.29 is 4.79 Å². The molecule has 5 saturated heterocycles. The summed E-state index contributed by atoms with van der Waals surface area (Å²) in [6.07, 6.45) is 19.3. The Morgan fingerprint density at radius 1 is 0.254 bits per heavy atom. The van der Waals surface area contributed by atoms with Crippen molar-refractivity contribution >= 4 is 22.8 Å². The van der Waals surface area contributed by atoms with E-state index in [9.17, 15) is 4.79 Å². The first-order valence-electron chi connectivity index (χ1n) is 56.0. The second-order valence-corrected chi connectivity index (χ2v) is 61.2. The van der Waals surface area contributed by atoms with Gasteiger partial charge in [0, 0.05) is 123 Å². The van der Waals surface area contributed by atoms with E-state index in [1.807, 2.05) is 6.07 Å². The summed E-state index contributed by atoms with van der Waals surface area (Å²) in [4.78, 5) is 36.1.